The van der Waals surface area contributed by atoms with Crippen LogP contribution in [0.25, 0.3) is 22.2 Å². The second-order valence-corrected chi connectivity index (χ2v) is 5.52. The highest BCUT2D eigenvalue weighted by Crippen LogP contribution is 2.34. The van der Waals surface area contributed by atoms with Crippen LogP contribution in [0.3, 0.4) is 0 Å². The Morgan fingerprint density at radius 3 is 2.80 bits per heavy atom. The summed E-state index contributed by atoms with van der Waals surface area (Å²) >= 11 is 3.56. The molecule has 0 aliphatic carbocycles. The molecule has 0 aliphatic heterocycles. The van der Waals surface area contributed by atoms with E-state index in [4.69, 9.17) is 5.73 Å². The summed E-state index contributed by atoms with van der Waals surface area (Å²) in [4.78, 5) is 9.15. The van der Waals surface area contributed by atoms with Gasteiger partial charge in [0.1, 0.15) is 17.3 Å². The molecule has 0 spiro atoms. The van der Waals surface area contributed by atoms with Gasteiger partial charge in [0, 0.05) is 35.1 Å². The van der Waals surface area contributed by atoms with Crippen molar-refractivity contribution in [1.82, 2.24) is 14.5 Å². The molecule has 4 nitrogen and oxygen atoms in total. The minimum absolute atomic E-state index is 0.677. The summed E-state index contributed by atoms with van der Waals surface area (Å²) in [6.07, 6.45) is 2.64. The molecule has 0 radical (unpaired) electrons. The Kier molecular flexibility index (Phi) is 3.22. The van der Waals surface area contributed by atoms with Crippen molar-refractivity contribution in [2.24, 2.45) is 7.05 Å². The molecule has 0 aliphatic rings. The van der Waals surface area contributed by atoms with Gasteiger partial charge >= 0.3 is 0 Å². The van der Waals surface area contributed by atoms with E-state index in [0.29, 0.717) is 5.82 Å². The fourth-order valence-electron chi connectivity index (χ4n) is 2.40. The second kappa shape index (κ2) is 4.90. The van der Waals surface area contributed by atoms with Crippen molar-refractivity contribution in [3.63, 3.8) is 0 Å². The first-order valence-electron chi connectivity index (χ1n) is 6.48. The Balaban J connectivity index is 2.33. The van der Waals surface area contributed by atoms with Gasteiger partial charge in [-0.1, -0.05) is 28.9 Å². The number of rotatable bonds is 2. The van der Waals surface area contributed by atoms with Crippen molar-refractivity contribution in [2.45, 2.75) is 13.3 Å². The molecule has 2 N–H and O–H groups in total. The molecule has 2 heterocycles. The molecule has 0 amide bonds. The van der Waals surface area contributed by atoms with E-state index in [1.165, 1.54) is 0 Å². The van der Waals surface area contributed by atoms with Crippen LogP contribution in [0.2, 0.25) is 0 Å². The third kappa shape index (κ3) is 1.89. The molecule has 3 aromatic rings. The number of pyridine rings is 1. The number of imidazole rings is 1. The maximum Gasteiger partial charge on any atom is 0.131 e. The summed E-state index contributed by atoms with van der Waals surface area (Å²) in [6.45, 7) is 2.07. The Bertz CT molecular complexity index is 792. The average molecular weight is 331 g/mol. The molecule has 3 rings (SSSR count). The van der Waals surface area contributed by atoms with E-state index >= 15 is 0 Å². The van der Waals surface area contributed by atoms with Crippen LogP contribution in [0.15, 0.2) is 34.9 Å². The van der Waals surface area contributed by atoms with Crippen molar-refractivity contribution in [2.75, 3.05) is 5.73 Å². The third-order valence-corrected chi connectivity index (χ3v) is 4.21. The predicted molar refractivity (Wildman–Crippen MR) is 85.4 cm³/mol. The topological polar surface area (TPSA) is 56.7 Å². The van der Waals surface area contributed by atoms with E-state index in [2.05, 4.69) is 32.8 Å². The number of benzene rings is 1. The quantitative estimate of drug-likeness (QED) is 0.781. The van der Waals surface area contributed by atoms with Crippen LogP contribution >= 0.6 is 15.9 Å². The molecule has 0 atom stereocenters. The molecule has 1 aromatic carbocycles. The van der Waals surface area contributed by atoms with Crippen molar-refractivity contribution >= 4 is 32.7 Å². The minimum atomic E-state index is 0.677. The van der Waals surface area contributed by atoms with Gasteiger partial charge in [-0.05, 0) is 18.2 Å². The summed E-state index contributed by atoms with van der Waals surface area (Å²) in [6, 6.07) is 7.99. The molecular formula is C15H15BrN4. The maximum atomic E-state index is 6.20. The number of nitrogens with zero attached hydrogens (tertiary/aromatic N) is 3. The molecule has 0 saturated carbocycles. The molecule has 20 heavy (non-hydrogen) atoms. The first-order chi connectivity index (χ1) is 9.63. The van der Waals surface area contributed by atoms with Gasteiger partial charge in [-0.3, -0.25) is 4.98 Å². The van der Waals surface area contributed by atoms with Crippen LogP contribution in [-0.2, 0) is 13.5 Å². The fraction of sp³-hybridized carbons (Fsp3) is 0.200. The molecule has 0 unspecified atom stereocenters. The number of nitrogen functional groups attached to an aromatic ring is 1. The first kappa shape index (κ1) is 13.1. The third-order valence-electron chi connectivity index (χ3n) is 3.52. The lowest BCUT2D eigenvalue weighted by molar-refractivity contribution is 0.816. The number of hydrogen-bond donors (Lipinski definition) is 1. The summed E-state index contributed by atoms with van der Waals surface area (Å²) in [5.74, 6) is 1.65. The maximum absolute atomic E-state index is 6.20. The number of hydrogen-bond acceptors (Lipinski definition) is 3. The average Bonchev–Trinajstić information content (AvgIpc) is 2.76. The molecule has 5 heteroatoms. The zero-order valence-corrected chi connectivity index (χ0v) is 13.0. The Labute approximate surface area is 125 Å². The zero-order valence-electron chi connectivity index (χ0n) is 11.4. The van der Waals surface area contributed by atoms with E-state index < -0.39 is 0 Å². The number of nitrogens with two attached hydrogens (primary N) is 1. The second-order valence-electron chi connectivity index (χ2n) is 4.67. The van der Waals surface area contributed by atoms with E-state index in [0.717, 1.165) is 38.9 Å². The van der Waals surface area contributed by atoms with E-state index in [9.17, 15) is 0 Å². The van der Waals surface area contributed by atoms with Gasteiger partial charge in [0.2, 0.25) is 0 Å². The Morgan fingerprint density at radius 1 is 1.30 bits per heavy atom. The van der Waals surface area contributed by atoms with Crippen LogP contribution in [0.4, 0.5) is 5.82 Å². The van der Waals surface area contributed by atoms with Crippen LogP contribution in [0.1, 0.15) is 12.7 Å². The molecular weight excluding hydrogens is 316 g/mol. The van der Waals surface area contributed by atoms with Gasteiger partial charge in [0.05, 0.1) is 5.52 Å². The van der Waals surface area contributed by atoms with Crippen LogP contribution in [-0.4, -0.2) is 14.5 Å². The highest BCUT2D eigenvalue weighted by Gasteiger charge is 2.16. The van der Waals surface area contributed by atoms with Crippen molar-refractivity contribution in [3.8, 4) is 11.3 Å². The largest absolute Gasteiger partial charge is 0.383 e. The summed E-state index contributed by atoms with van der Waals surface area (Å²) in [5.41, 5.74) is 8.89. The molecule has 0 fully saturated rings. The normalized spacial score (nSPS) is 11.2. The number of halogens is 1. The lowest BCUT2D eigenvalue weighted by atomic mass is 10.1. The van der Waals surface area contributed by atoms with Crippen LogP contribution < -0.4 is 5.73 Å². The van der Waals surface area contributed by atoms with Crippen LogP contribution in [0.5, 0.6) is 0 Å². The Hall–Kier alpha value is -1.88. The van der Waals surface area contributed by atoms with Crippen molar-refractivity contribution in [3.05, 3.63) is 40.8 Å². The van der Waals surface area contributed by atoms with Crippen molar-refractivity contribution in [1.29, 1.82) is 0 Å². The highest BCUT2D eigenvalue weighted by molar-refractivity contribution is 9.10. The van der Waals surface area contributed by atoms with E-state index in [-0.39, 0.29) is 0 Å². The number of aromatic nitrogens is 3. The SMILES string of the molecule is CCc1nc(-c2ccc(Br)c3cccnc23)c(N)n1C. The highest BCUT2D eigenvalue weighted by atomic mass is 79.9. The van der Waals surface area contributed by atoms with Gasteiger partial charge < -0.3 is 10.3 Å². The van der Waals surface area contributed by atoms with Gasteiger partial charge in [0.15, 0.2) is 0 Å². The van der Waals surface area contributed by atoms with Crippen LogP contribution in [0, 0.1) is 0 Å². The Morgan fingerprint density at radius 2 is 2.10 bits per heavy atom. The smallest absolute Gasteiger partial charge is 0.131 e. The predicted octanol–water partition coefficient (Wildman–Crippen LogP) is 3.54. The number of anilines is 1. The molecule has 2 aromatic heterocycles. The summed E-state index contributed by atoms with van der Waals surface area (Å²) in [7, 11) is 1.94. The standard InChI is InChI=1S/C15H15BrN4/c1-3-12-19-14(15(17)20(12)2)10-6-7-11(16)9-5-4-8-18-13(9)10/h4-8H,3,17H2,1-2H3. The first-order valence-corrected chi connectivity index (χ1v) is 7.27. The van der Waals surface area contributed by atoms with Gasteiger partial charge in [-0.15, -0.1) is 0 Å². The molecule has 102 valence electrons. The number of aryl methyl sites for hydroxylation is 1. The minimum Gasteiger partial charge on any atom is -0.383 e. The van der Waals surface area contributed by atoms with Gasteiger partial charge in [-0.2, -0.15) is 0 Å². The van der Waals surface area contributed by atoms with E-state index in [1.807, 2.05) is 35.9 Å². The summed E-state index contributed by atoms with van der Waals surface area (Å²) < 4.78 is 2.96. The fourth-order valence-corrected chi connectivity index (χ4v) is 2.85. The monoisotopic (exact) mass is 330 g/mol. The van der Waals surface area contributed by atoms with Crippen molar-refractivity contribution < 1.29 is 0 Å². The molecule has 0 saturated heterocycles. The zero-order chi connectivity index (χ0) is 14.3. The van der Waals surface area contributed by atoms with Gasteiger partial charge in [0.25, 0.3) is 0 Å². The lowest BCUT2D eigenvalue weighted by Gasteiger charge is -2.06. The van der Waals surface area contributed by atoms with E-state index in [1.54, 1.807) is 6.20 Å². The summed E-state index contributed by atoms with van der Waals surface area (Å²) in [5, 5.41) is 1.06. The lowest BCUT2D eigenvalue weighted by Crippen LogP contribution is -2.00. The molecule has 0 bridgehead atoms. The van der Waals surface area contributed by atoms with Gasteiger partial charge in [-0.25, -0.2) is 4.98 Å². The number of fused-ring (bicyclic) bond motifs is 1.